The van der Waals surface area contributed by atoms with Crippen molar-refractivity contribution in [3.05, 3.63) is 29.6 Å². The van der Waals surface area contributed by atoms with Crippen molar-refractivity contribution in [3.8, 4) is 11.8 Å². The summed E-state index contributed by atoms with van der Waals surface area (Å²) in [6.45, 7) is 4.25. The molecule has 0 saturated carbocycles. The molecule has 1 unspecified atom stereocenters. The molecule has 1 atom stereocenters. The summed E-state index contributed by atoms with van der Waals surface area (Å²) in [6, 6.07) is 1.81. The zero-order valence-electron chi connectivity index (χ0n) is 10.2. The normalized spacial score (nSPS) is 11.2. The number of nitrogens with zero attached hydrogens (tertiary/aromatic N) is 1. The van der Waals surface area contributed by atoms with Crippen LogP contribution < -0.4 is 11.1 Å². The van der Waals surface area contributed by atoms with Crippen molar-refractivity contribution < 1.29 is 4.79 Å². The molecule has 0 bridgehead atoms. The van der Waals surface area contributed by atoms with E-state index in [1.807, 2.05) is 13.8 Å². The highest BCUT2D eigenvalue weighted by molar-refractivity contribution is 5.96. The van der Waals surface area contributed by atoms with Crippen LogP contribution in [0.3, 0.4) is 0 Å². The summed E-state index contributed by atoms with van der Waals surface area (Å²) in [5.74, 6) is 5.45. The standard InChI is InChI=1S/C13H17N3O/c1-3-10(2)16-13(17)12-6-8-15-9-11(12)5-4-7-14/h6,8-10H,3,7,14H2,1-2H3,(H,16,17). The number of nitrogens with two attached hydrogens (primary N) is 1. The van der Waals surface area contributed by atoms with E-state index in [1.54, 1.807) is 18.5 Å². The Hall–Kier alpha value is -1.86. The Morgan fingerprint density at radius 3 is 3.06 bits per heavy atom. The Labute approximate surface area is 102 Å². The third-order valence-corrected chi connectivity index (χ3v) is 2.38. The van der Waals surface area contributed by atoms with E-state index in [-0.39, 0.29) is 18.5 Å². The van der Waals surface area contributed by atoms with Crippen LogP contribution in [0.25, 0.3) is 0 Å². The smallest absolute Gasteiger partial charge is 0.252 e. The molecule has 0 aliphatic carbocycles. The lowest BCUT2D eigenvalue weighted by atomic mass is 10.1. The lowest BCUT2D eigenvalue weighted by Gasteiger charge is -2.11. The molecular formula is C13H17N3O. The van der Waals surface area contributed by atoms with Crippen LogP contribution in [0.2, 0.25) is 0 Å². The Balaban J connectivity index is 2.93. The van der Waals surface area contributed by atoms with Gasteiger partial charge in [0.25, 0.3) is 5.91 Å². The molecule has 1 heterocycles. The molecule has 4 heteroatoms. The zero-order valence-corrected chi connectivity index (χ0v) is 10.2. The van der Waals surface area contributed by atoms with Gasteiger partial charge in [0.2, 0.25) is 0 Å². The van der Waals surface area contributed by atoms with Gasteiger partial charge in [-0.1, -0.05) is 18.8 Å². The molecular weight excluding hydrogens is 214 g/mol. The van der Waals surface area contributed by atoms with E-state index < -0.39 is 0 Å². The first kappa shape index (κ1) is 13.2. The Kier molecular flexibility index (Phi) is 5.18. The fourth-order valence-corrected chi connectivity index (χ4v) is 1.24. The van der Waals surface area contributed by atoms with Gasteiger partial charge in [0.05, 0.1) is 17.7 Å². The molecule has 1 aromatic heterocycles. The number of amides is 1. The van der Waals surface area contributed by atoms with Gasteiger partial charge in [0, 0.05) is 18.4 Å². The number of rotatable bonds is 3. The number of hydrogen-bond acceptors (Lipinski definition) is 3. The molecule has 1 aromatic rings. The first-order chi connectivity index (χ1) is 8.19. The minimum absolute atomic E-state index is 0.122. The molecule has 0 saturated heterocycles. The van der Waals surface area contributed by atoms with Crippen molar-refractivity contribution in [3.63, 3.8) is 0 Å². The number of aromatic nitrogens is 1. The zero-order chi connectivity index (χ0) is 12.7. The maximum absolute atomic E-state index is 12.0. The average Bonchev–Trinajstić information content (AvgIpc) is 2.36. The highest BCUT2D eigenvalue weighted by atomic mass is 16.1. The van der Waals surface area contributed by atoms with Gasteiger partial charge in [-0.15, -0.1) is 0 Å². The lowest BCUT2D eigenvalue weighted by molar-refractivity contribution is 0.0939. The van der Waals surface area contributed by atoms with Gasteiger partial charge >= 0.3 is 0 Å². The van der Waals surface area contributed by atoms with Crippen LogP contribution in [-0.2, 0) is 0 Å². The fraction of sp³-hybridized carbons (Fsp3) is 0.385. The molecule has 4 nitrogen and oxygen atoms in total. The maximum Gasteiger partial charge on any atom is 0.252 e. The third-order valence-electron chi connectivity index (χ3n) is 2.38. The molecule has 90 valence electrons. The van der Waals surface area contributed by atoms with Crippen LogP contribution >= 0.6 is 0 Å². The topological polar surface area (TPSA) is 68.0 Å². The summed E-state index contributed by atoms with van der Waals surface area (Å²) < 4.78 is 0. The van der Waals surface area contributed by atoms with Gasteiger partial charge in [-0.05, 0) is 19.4 Å². The first-order valence-electron chi connectivity index (χ1n) is 5.62. The Bertz CT molecular complexity index is 445. The summed E-state index contributed by atoms with van der Waals surface area (Å²) in [4.78, 5) is 15.9. The molecule has 1 rings (SSSR count). The van der Waals surface area contributed by atoms with Crippen molar-refractivity contribution in [2.45, 2.75) is 26.3 Å². The molecule has 0 aliphatic heterocycles. The Morgan fingerprint density at radius 1 is 1.65 bits per heavy atom. The molecule has 17 heavy (non-hydrogen) atoms. The number of nitrogens with one attached hydrogen (secondary N) is 1. The number of carbonyl (C=O) groups is 1. The van der Waals surface area contributed by atoms with Crippen molar-refractivity contribution in [2.75, 3.05) is 6.54 Å². The predicted octanol–water partition coefficient (Wildman–Crippen LogP) is 0.920. The van der Waals surface area contributed by atoms with Crippen LogP contribution in [-0.4, -0.2) is 23.5 Å². The van der Waals surface area contributed by atoms with Crippen LogP contribution in [0, 0.1) is 11.8 Å². The molecule has 0 aliphatic rings. The lowest BCUT2D eigenvalue weighted by Crippen LogP contribution is -2.32. The average molecular weight is 231 g/mol. The van der Waals surface area contributed by atoms with E-state index in [0.29, 0.717) is 11.1 Å². The monoisotopic (exact) mass is 231 g/mol. The highest BCUT2D eigenvalue weighted by Gasteiger charge is 2.11. The van der Waals surface area contributed by atoms with Gasteiger partial charge in [0.1, 0.15) is 0 Å². The number of hydrogen-bond donors (Lipinski definition) is 2. The van der Waals surface area contributed by atoms with Gasteiger partial charge in [-0.3, -0.25) is 9.78 Å². The molecule has 0 radical (unpaired) electrons. The van der Waals surface area contributed by atoms with E-state index >= 15 is 0 Å². The highest BCUT2D eigenvalue weighted by Crippen LogP contribution is 2.06. The minimum atomic E-state index is -0.122. The summed E-state index contributed by atoms with van der Waals surface area (Å²) in [5.41, 5.74) is 6.46. The van der Waals surface area contributed by atoms with E-state index in [4.69, 9.17) is 5.73 Å². The maximum atomic E-state index is 12.0. The summed E-state index contributed by atoms with van der Waals surface area (Å²) in [6.07, 6.45) is 4.05. The van der Waals surface area contributed by atoms with E-state index in [1.165, 1.54) is 0 Å². The van der Waals surface area contributed by atoms with Crippen LogP contribution in [0.1, 0.15) is 36.2 Å². The van der Waals surface area contributed by atoms with Crippen LogP contribution in [0.15, 0.2) is 18.5 Å². The van der Waals surface area contributed by atoms with Gasteiger partial charge in [0.15, 0.2) is 0 Å². The predicted molar refractivity (Wildman–Crippen MR) is 67.4 cm³/mol. The molecule has 0 fully saturated rings. The van der Waals surface area contributed by atoms with Crippen molar-refractivity contribution in [1.29, 1.82) is 0 Å². The van der Waals surface area contributed by atoms with Gasteiger partial charge in [-0.2, -0.15) is 0 Å². The van der Waals surface area contributed by atoms with Gasteiger partial charge < -0.3 is 11.1 Å². The SMILES string of the molecule is CCC(C)NC(=O)c1ccncc1C#CCN. The van der Waals surface area contributed by atoms with Crippen molar-refractivity contribution >= 4 is 5.91 Å². The molecule has 0 spiro atoms. The molecule has 3 N–H and O–H groups in total. The van der Waals surface area contributed by atoms with Gasteiger partial charge in [-0.25, -0.2) is 0 Å². The second-order valence-electron chi connectivity index (χ2n) is 3.71. The van der Waals surface area contributed by atoms with Crippen LogP contribution in [0.4, 0.5) is 0 Å². The number of pyridine rings is 1. The number of carbonyl (C=O) groups excluding carboxylic acids is 1. The summed E-state index contributed by atoms with van der Waals surface area (Å²) in [7, 11) is 0. The van der Waals surface area contributed by atoms with Crippen molar-refractivity contribution in [2.24, 2.45) is 5.73 Å². The summed E-state index contributed by atoms with van der Waals surface area (Å²) in [5, 5.41) is 2.90. The fourth-order valence-electron chi connectivity index (χ4n) is 1.24. The van der Waals surface area contributed by atoms with Crippen LogP contribution in [0.5, 0.6) is 0 Å². The first-order valence-corrected chi connectivity index (χ1v) is 5.62. The molecule has 0 aromatic carbocycles. The van der Waals surface area contributed by atoms with E-state index in [0.717, 1.165) is 6.42 Å². The Morgan fingerprint density at radius 2 is 2.41 bits per heavy atom. The summed E-state index contributed by atoms with van der Waals surface area (Å²) >= 11 is 0. The largest absolute Gasteiger partial charge is 0.350 e. The third kappa shape index (κ3) is 3.89. The second kappa shape index (κ2) is 6.66. The quantitative estimate of drug-likeness (QED) is 0.760. The minimum Gasteiger partial charge on any atom is -0.350 e. The second-order valence-corrected chi connectivity index (χ2v) is 3.71. The van der Waals surface area contributed by atoms with E-state index in [2.05, 4.69) is 22.1 Å². The molecule has 1 amide bonds. The van der Waals surface area contributed by atoms with E-state index in [9.17, 15) is 4.79 Å². The van der Waals surface area contributed by atoms with Crippen molar-refractivity contribution in [1.82, 2.24) is 10.3 Å².